The highest BCUT2D eigenvalue weighted by Crippen LogP contribution is 2.18. The summed E-state index contributed by atoms with van der Waals surface area (Å²) < 4.78 is 10.2. The molecule has 7 heteroatoms. The number of hydrogen-bond acceptors (Lipinski definition) is 7. The molecule has 0 aliphatic heterocycles. The van der Waals surface area contributed by atoms with Crippen molar-refractivity contribution in [2.75, 3.05) is 13.7 Å². The minimum absolute atomic E-state index is 0.347. The van der Waals surface area contributed by atoms with Crippen molar-refractivity contribution < 1.29 is 9.26 Å². The summed E-state index contributed by atoms with van der Waals surface area (Å²) >= 11 is 0. The van der Waals surface area contributed by atoms with Gasteiger partial charge < -0.3 is 15.0 Å². The summed E-state index contributed by atoms with van der Waals surface area (Å²) in [5.41, 5.74) is 6.35. The van der Waals surface area contributed by atoms with Crippen LogP contribution >= 0.6 is 0 Å². The molecule has 2 aromatic rings. The van der Waals surface area contributed by atoms with Crippen LogP contribution in [0, 0.1) is 11.8 Å². The fraction of sp³-hybridized carbons (Fsp3) is 0.571. The summed E-state index contributed by atoms with van der Waals surface area (Å²) in [4.78, 5) is 4.35. The lowest BCUT2D eigenvalue weighted by Crippen LogP contribution is -2.19. The van der Waals surface area contributed by atoms with E-state index in [0.717, 1.165) is 6.42 Å². The molecular weight excluding hydrogens is 270 g/mol. The summed E-state index contributed by atoms with van der Waals surface area (Å²) in [5, 5.41) is 11.8. The van der Waals surface area contributed by atoms with Crippen molar-refractivity contribution in [2.45, 2.75) is 26.7 Å². The third-order valence-corrected chi connectivity index (χ3v) is 3.15. The van der Waals surface area contributed by atoms with Crippen molar-refractivity contribution in [3.63, 3.8) is 0 Å². The van der Waals surface area contributed by atoms with E-state index in [-0.39, 0.29) is 0 Å². The number of nitrogens with zero attached hydrogens (tertiary/aromatic N) is 4. The van der Waals surface area contributed by atoms with E-state index >= 15 is 0 Å². The van der Waals surface area contributed by atoms with E-state index in [2.05, 4.69) is 34.2 Å². The van der Waals surface area contributed by atoms with Crippen LogP contribution in [0.1, 0.15) is 26.2 Å². The first-order chi connectivity index (χ1) is 10.1. The van der Waals surface area contributed by atoms with Crippen LogP contribution in [-0.2, 0) is 6.42 Å². The number of rotatable bonds is 7. The molecule has 0 radical (unpaired) electrons. The quantitative estimate of drug-likeness (QED) is 0.828. The first kappa shape index (κ1) is 15.4. The molecule has 1 atom stereocenters. The first-order valence-corrected chi connectivity index (χ1v) is 7.03. The van der Waals surface area contributed by atoms with Gasteiger partial charge in [-0.25, -0.2) is 0 Å². The molecular formula is C14H21N5O2. The summed E-state index contributed by atoms with van der Waals surface area (Å²) in [7, 11) is 1.54. The van der Waals surface area contributed by atoms with Gasteiger partial charge >= 0.3 is 0 Å². The third kappa shape index (κ3) is 4.22. The SMILES string of the molecule is COc1ccc(-c2noc(C[C@@H](CN)CC(C)C)n2)nn1. The maximum absolute atomic E-state index is 5.79. The van der Waals surface area contributed by atoms with Crippen molar-refractivity contribution >= 4 is 0 Å². The Kier molecular flexibility index (Phi) is 5.21. The van der Waals surface area contributed by atoms with Crippen LogP contribution in [0.4, 0.5) is 0 Å². The van der Waals surface area contributed by atoms with Crippen LogP contribution in [0.25, 0.3) is 11.5 Å². The van der Waals surface area contributed by atoms with Crippen molar-refractivity contribution in [2.24, 2.45) is 17.6 Å². The minimum atomic E-state index is 0.347. The van der Waals surface area contributed by atoms with Crippen LogP contribution in [0.3, 0.4) is 0 Å². The fourth-order valence-corrected chi connectivity index (χ4v) is 2.17. The second-order valence-corrected chi connectivity index (χ2v) is 5.41. The molecule has 0 amide bonds. The Morgan fingerprint density at radius 1 is 1.29 bits per heavy atom. The lowest BCUT2D eigenvalue weighted by molar-refractivity contribution is 0.331. The molecule has 0 unspecified atom stereocenters. The molecule has 0 aliphatic rings. The Balaban J connectivity index is 2.06. The normalized spacial score (nSPS) is 12.6. The highest BCUT2D eigenvalue weighted by atomic mass is 16.5. The first-order valence-electron chi connectivity index (χ1n) is 7.03. The number of methoxy groups -OCH3 is 1. The van der Waals surface area contributed by atoms with E-state index in [4.69, 9.17) is 15.0 Å². The van der Waals surface area contributed by atoms with Gasteiger partial charge in [-0.3, -0.25) is 0 Å². The summed E-state index contributed by atoms with van der Waals surface area (Å²) in [5.74, 6) is 2.40. The van der Waals surface area contributed by atoms with E-state index in [1.54, 1.807) is 12.1 Å². The van der Waals surface area contributed by atoms with Crippen molar-refractivity contribution in [3.05, 3.63) is 18.0 Å². The molecule has 0 aliphatic carbocycles. The summed E-state index contributed by atoms with van der Waals surface area (Å²) in [6.07, 6.45) is 1.72. The van der Waals surface area contributed by atoms with Gasteiger partial charge in [-0.15, -0.1) is 10.2 Å². The van der Waals surface area contributed by atoms with Gasteiger partial charge in [-0.2, -0.15) is 4.98 Å². The van der Waals surface area contributed by atoms with E-state index in [9.17, 15) is 0 Å². The van der Waals surface area contributed by atoms with E-state index < -0.39 is 0 Å². The number of aromatic nitrogens is 4. The maximum Gasteiger partial charge on any atom is 0.233 e. The Hall–Kier alpha value is -2.02. The van der Waals surface area contributed by atoms with E-state index in [0.29, 0.717) is 48.1 Å². The molecule has 0 aromatic carbocycles. The van der Waals surface area contributed by atoms with Gasteiger partial charge in [0.05, 0.1) is 7.11 Å². The average molecular weight is 291 g/mol. The smallest absolute Gasteiger partial charge is 0.233 e. The minimum Gasteiger partial charge on any atom is -0.480 e. The molecule has 0 fully saturated rings. The van der Waals surface area contributed by atoms with Gasteiger partial charge in [-0.05, 0) is 30.9 Å². The predicted octanol–water partition coefficient (Wildman–Crippen LogP) is 1.70. The van der Waals surface area contributed by atoms with Crippen LogP contribution in [0.2, 0.25) is 0 Å². The highest BCUT2D eigenvalue weighted by Gasteiger charge is 2.16. The van der Waals surface area contributed by atoms with Crippen LogP contribution in [0.5, 0.6) is 5.88 Å². The second-order valence-electron chi connectivity index (χ2n) is 5.41. The monoisotopic (exact) mass is 291 g/mol. The lowest BCUT2D eigenvalue weighted by Gasteiger charge is -2.14. The topological polar surface area (TPSA) is 100.0 Å². The van der Waals surface area contributed by atoms with Crippen molar-refractivity contribution in [1.82, 2.24) is 20.3 Å². The molecule has 2 heterocycles. The molecule has 114 valence electrons. The fourth-order valence-electron chi connectivity index (χ4n) is 2.17. The molecule has 0 bridgehead atoms. The number of nitrogens with two attached hydrogens (primary N) is 1. The lowest BCUT2D eigenvalue weighted by atomic mass is 9.94. The van der Waals surface area contributed by atoms with Crippen LogP contribution in [0.15, 0.2) is 16.7 Å². The molecule has 0 saturated heterocycles. The van der Waals surface area contributed by atoms with Crippen molar-refractivity contribution in [1.29, 1.82) is 0 Å². The summed E-state index contributed by atoms with van der Waals surface area (Å²) in [6, 6.07) is 3.45. The Bertz CT molecular complexity index is 553. The van der Waals surface area contributed by atoms with Gasteiger partial charge in [0, 0.05) is 12.5 Å². The predicted molar refractivity (Wildman–Crippen MR) is 77.6 cm³/mol. The van der Waals surface area contributed by atoms with Gasteiger partial charge in [0.2, 0.25) is 17.6 Å². The number of hydrogen-bond donors (Lipinski definition) is 1. The van der Waals surface area contributed by atoms with Gasteiger partial charge in [0.1, 0.15) is 5.69 Å². The Morgan fingerprint density at radius 3 is 2.67 bits per heavy atom. The average Bonchev–Trinajstić information content (AvgIpc) is 2.94. The Labute approximate surface area is 123 Å². The number of ether oxygens (including phenoxy) is 1. The summed E-state index contributed by atoms with van der Waals surface area (Å²) in [6.45, 7) is 4.96. The molecule has 2 N–H and O–H groups in total. The van der Waals surface area contributed by atoms with Crippen LogP contribution in [-0.4, -0.2) is 34.0 Å². The zero-order chi connectivity index (χ0) is 15.2. The zero-order valence-corrected chi connectivity index (χ0v) is 12.6. The van der Waals surface area contributed by atoms with E-state index in [1.807, 2.05) is 0 Å². The highest BCUT2D eigenvalue weighted by molar-refractivity contribution is 5.47. The standard InChI is InChI=1S/C14H21N5O2/c1-9(2)6-10(8-15)7-13-16-14(19-21-13)11-4-5-12(20-3)18-17-11/h4-5,9-10H,6-8,15H2,1-3H3/t10-/m0/s1. The molecule has 0 saturated carbocycles. The van der Waals surface area contributed by atoms with Gasteiger partial charge in [0.25, 0.3) is 0 Å². The third-order valence-electron chi connectivity index (χ3n) is 3.15. The molecule has 7 nitrogen and oxygen atoms in total. The molecule has 21 heavy (non-hydrogen) atoms. The zero-order valence-electron chi connectivity index (χ0n) is 12.6. The maximum atomic E-state index is 5.79. The molecule has 2 aromatic heterocycles. The largest absolute Gasteiger partial charge is 0.480 e. The Morgan fingerprint density at radius 2 is 2.10 bits per heavy atom. The molecule has 2 rings (SSSR count). The molecule has 0 spiro atoms. The van der Waals surface area contributed by atoms with Gasteiger partial charge in [0.15, 0.2) is 0 Å². The van der Waals surface area contributed by atoms with Crippen LogP contribution < -0.4 is 10.5 Å². The second kappa shape index (κ2) is 7.12. The van der Waals surface area contributed by atoms with Gasteiger partial charge in [-0.1, -0.05) is 19.0 Å². The van der Waals surface area contributed by atoms with Crippen molar-refractivity contribution in [3.8, 4) is 17.4 Å². The van der Waals surface area contributed by atoms with E-state index in [1.165, 1.54) is 7.11 Å².